The van der Waals surface area contributed by atoms with Crippen molar-refractivity contribution in [1.82, 2.24) is 14.9 Å². The van der Waals surface area contributed by atoms with Gasteiger partial charge in [-0.3, -0.25) is 0 Å². The molecular weight excluding hydrogens is 216 g/mol. The molecule has 1 aromatic rings. The standard InChI is InChI=1S/C12H16N4O/c1-16-5-3-2-4-11(16)8-17-12-10(6-13)7-14-9-15-12/h7,9,11H,2-5,8H2,1H3. The van der Waals surface area contributed by atoms with Gasteiger partial charge in [0.1, 0.15) is 24.6 Å². The number of hydrogen-bond donors (Lipinski definition) is 0. The molecule has 1 atom stereocenters. The fourth-order valence-electron chi connectivity index (χ4n) is 2.04. The molecule has 2 rings (SSSR count). The van der Waals surface area contributed by atoms with Crippen LogP contribution in [0.25, 0.3) is 0 Å². The molecule has 5 heteroatoms. The molecule has 1 fully saturated rings. The van der Waals surface area contributed by atoms with Crippen LogP contribution in [-0.4, -0.2) is 41.1 Å². The molecule has 0 N–H and O–H groups in total. The van der Waals surface area contributed by atoms with Gasteiger partial charge in [0.05, 0.1) is 6.20 Å². The Kier molecular flexibility index (Phi) is 3.89. The first kappa shape index (κ1) is 11.8. The van der Waals surface area contributed by atoms with E-state index in [1.165, 1.54) is 25.4 Å². The number of ether oxygens (including phenoxy) is 1. The van der Waals surface area contributed by atoms with Crippen LogP contribution in [0.15, 0.2) is 12.5 Å². The summed E-state index contributed by atoms with van der Waals surface area (Å²) in [7, 11) is 2.11. The zero-order valence-corrected chi connectivity index (χ0v) is 9.96. The second-order valence-electron chi connectivity index (χ2n) is 4.29. The third-order valence-corrected chi connectivity index (χ3v) is 3.13. The molecule has 1 aromatic heterocycles. The van der Waals surface area contributed by atoms with E-state index < -0.39 is 0 Å². The Morgan fingerprint density at radius 1 is 1.59 bits per heavy atom. The topological polar surface area (TPSA) is 62.0 Å². The van der Waals surface area contributed by atoms with Crippen molar-refractivity contribution in [1.29, 1.82) is 5.26 Å². The lowest BCUT2D eigenvalue weighted by Gasteiger charge is -2.31. The number of likely N-dealkylation sites (tertiary alicyclic amines) is 1. The summed E-state index contributed by atoms with van der Waals surface area (Å²) in [6, 6.07) is 2.45. The summed E-state index contributed by atoms with van der Waals surface area (Å²) < 4.78 is 5.62. The van der Waals surface area contributed by atoms with E-state index in [1.54, 1.807) is 0 Å². The fraction of sp³-hybridized carbons (Fsp3) is 0.583. The smallest absolute Gasteiger partial charge is 0.234 e. The first-order valence-electron chi connectivity index (χ1n) is 5.84. The number of nitrogens with zero attached hydrogens (tertiary/aromatic N) is 4. The molecular formula is C12H16N4O. The Hall–Kier alpha value is -1.67. The van der Waals surface area contributed by atoms with Gasteiger partial charge in [0.25, 0.3) is 0 Å². The minimum Gasteiger partial charge on any atom is -0.475 e. The normalized spacial score (nSPS) is 20.8. The molecule has 1 saturated heterocycles. The van der Waals surface area contributed by atoms with Crippen molar-refractivity contribution in [3.05, 3.63) is 18.1 Å². The maximum Gasteiger partial charge on any atom is 0.234 e. The van der Waals surface area contributed by atoms with Crippen molar-refractivity contribution in [2.75, 3.05) is 20.2 Å². The molecule has 0 bridgehead atoms. The van der Waals surface area contributed by atoms with Crippen LogP contribution < -0.4 is 4.74 Å². The van der Waals surface area contributed by atoms with Crippen LogP contribution in [-0.2, 0) is 0 Å². The van der Waals surface area contributed by atoms with Gasteiger partial charge in [-0.1, -0.05) is 6.42 Å². The molecule has 17 heavy (non-hydrogen) atoms. The molecule has 0 aliphatic carbocycles. The van der Waals surface area contributed by atoms with Gasteiger partial charge in [0.2, 0.25) is 5.88 Å². The highest BCUT2D eigenvalue weighted by molar-refractivity contribution is 5.34. The maximum atomic E-state index is 8.89. The summed E-state index contributed by atoms with van der Waals surface area (Å²) in [6.07, 6.45) is 6.52. The molecule has 0 saturated carbocycles. The Morgan fingerprint density at radius 2 is 2.47 bits per heavy atom. The Balaban J connectivity index is 1.95. The average Bonchev–Trinajstić information content (AvgIpc) is 2.38. The Labute approximate surface area is 101 Å². The van der Waals surface area contributed by atoms with Gasteiger partial charge in [-0.2, -0.15) is 5.26 Å². The molecule has 0 radical (unpaired) electrons. The van der Waals surface area contributed by atoms with Gasteiger partial charge < -0.3 is 9.64 Å². The number of hydrogen-bond acceptors (Lipinski definition) is 5. The Morgan fingerprint density at radius 3 is 3.24 bits per heavy atom. The summed E-state index contributed by atoms with van der Waals surface area (Å²) in [4.78, 5) is 10.1. The van der Waals surface area contributed by atoms with E-state index in [9.17, 15) is 0 Å². The lowest BCUT2D eigenvalue weighted by Crippen LogP contribution is -2.40. The molecule has 1 unspecified atom stereocenters. The van der Waals surface area contributed by atoms with Crippen molar-refractivity contribution >= 4 is 0 Å². The second-order valence-corrected chi connectivity index (χ2v) is 4.29. The molecule has 5 nitrogen and oxygen atoms in total. The minimum absolute atomic E-state index is 0.390. The van der Waals surface area contributed by atoms with Crippen molar-refractivity contribution in [3.8, 4) is 11.9 Å². The molecule has 0 aromatic carbocycles. The SMILES string of the molecule is CN1CCCCC1COc1ncncc1C#N. The van der Waals surface area contributed by atoms with E-state index >= 15 is 0 Å². The average molecular weight is 232 g/mol. The predicted octanol–water partition coefficient (Wildman–Crippen LogP) is 1.21. The minimum atomic E-state index is 0.390. The van der Waals surface area contributed by atoms with Crippen LogP contribution in [0.4, 0.5) is 0 Å². The van der Waals surface area contributed by atoms with Gasteiger partial charge in [-0.05, 0) is 26.4 Å². The summed E-state index contributed by atoms with van der Waals surface area (Å²) in [5, 5.41) is 8.89. The summed E-state index contributed by atoms with van der Waals surface area (Å²) in [5.74, 6) is 0.390. The number of rotatable bonds is 3. The van der Waals surface area contributed by atoms with Crippen LogP contribution in [0.1, 0.15) is 24.8 Å². The fourth-order valence-corrected chi connectivity index (χ4v) is 2.04. The molecule has 2 heterocycles. The van der Waals surface area contributed by atoms with Crippen molar-refractivity contribution in [2.45, 2.75) is 25.3 Å². The first-order chi connectivity index (χ1) is 8.31. The van der Waals surface area contributed by atoms with Gasteiger partial charge in [-0.25, -0.2) is 9.97 Å². The van der Waals surface area contributed by atoms with E-state index in [0.717, 1.165) is 13.0 Å². The summed E-state index contributed by atoms with van der Waals surface area (Å²) in [5.41, 5.74) is 0.394. The van der Waals surface area contributed by atoms with Crippen molar-refractivity contribution < 1.29 is 4.74 Å². The molecule has 90 valence electrons. The highest BCUT2D eigenvalue weighted by atomic mass is 16.5. The monoisotopic (exact) mass is 232 g/mol. The van der Waals surface area contributed by atoms with Gasteiger partial charge in [0, 0.05) is 6.04 Å². The number of nitriles is 1. The van der Waals surface area contributed by atoms with Crippen LogP contribution >= 0.6 is 0 Å². The lowest BCUT2D eigenvalue weighted by molar-refractivity contribution is 0.122. The van der Waals surface area contributed by atoms with Gasteiger partial charge >= 0.3 is 0 Å². The third kappa shape index (κ3) is 2.92. The van der Waals surface area contributed by atoms with Crippen molar-refractivity contribution in [2.24, 2.45) is 0 Å². The van der Waals surface area contributed by atoms with E-state index in [-0.39, 0.29) is 0 Å². The van der Waals surface area contributed by atoms with Crippen molar-refractivity contribution in [3.63, 3.8) is 0 Å². The number of likely N-dealkylation sites (N-methyl/N-ethyl adjacent to an activating group) is 1. The second kappa shape index (κ2) is 5.60. The quantitative estimate of drug-likeness (QED) is 0.784. The maximum absolute atomic E-state index is 8.89. The van der Waals surface area contributed by atoms with Crippen LogP contribution in [0.5, 0.6) is 5.88 Å². The van der Waals surface area contributed by atoms with E-state index in [1.807, 2.05) is 6.07 Å². The van der Waals surface area contributed by atoms with E-state index in [2.05, 4.69) is 21.9 Å². The molecule has 0 spiro atoms. The van der Waals surface area contributed by atoms with Crippen LogP contribution in [0.3, 0.4) is 0 Å². The van der Waals surface area contributed by atoms with Gasteiger partial charge in [-0.15, -0.1) is 0 Å². The van der Waals surface area contributed by atoms with E-state index in [0.29, 0.717) is 24.1 Å². The number of piperidine rings is 1. The lowest BCUT2D eigenvalue weighted by atomic mass is 10.0. The molecule has 1 aliphatic rings. The first-order valence-corrected chi connectivity index (χ1v) is 5.84. The van der Waals surface area contributed by atoms with E-state index in [4.69, 9.17) is 10.00 Å². The zero-order chi connectivity index (χ0) is 12.1. The predicted molar refractivity (Wildman–Crippen MR) is 62.5 cm³/mol. The zero-order valence-electron chi connectivity index (χ0n) is 9.96. The third-order valence-electron chi connectivity index (χ3n) is 3.13. The Bertz CT molecular complexity index is 415. The summed E-state index contributed by atoms with van der Waals surface area (Å²) >= 11 is 0. The molecule has 0 amide bonds. The van der Waals surface area contributed by atoms with Crippen LogP contribution in [0, 0.1) is 11.3 Å². The molecule has 1 aliphatic heterocycles. The largest absolute Gasteiger partial charge is 0.475 e. The van der Waals surface area contributed by atoms with Crippen LogP contribution in [0.2, 0.25) is 0 Å². The highest BCUT2D eigenvalue weighted by Crippen LogP contribution is 2.17. The number of aromatic nitrogens is 2. The van der Waals surface area contributed by atoms with Gasteiger partial charge in [0.15, 0.2) is 0 Å². The highest BCUT2D eigenvalue weighted by Gasteiger charge is 2.20. The summed E-state index contributed by atoms with van der Waals surface area (Å²) in [6.45, 7) is 1.70.